The van der Waals surface area contributed by atoms with E-state index in [-0.39, 0.29) is 5.91 Å². The van der Waals surface area contributed by atoms with Crippen molar-refractivity contribution in [2.75, 3.05) is 6.54 Å². The zero-order valence-electron chi connectivity index (χ0n) is 7.67. The van der Waals surface area contributed by atoms with Crippen molar-refractivity contribution in [2.45, 2.75) is 6.92 Å². The molecule has 1 amide bonds. The lowest BCUT2D eigenvalue weighted by molar-refractivity contribution is -0.118. The largest absolute Gasteiger partial charge is 0.345 e. The molecule has 0 aliphatic rings. The number of nitrogens with zero attached hydrogens (tertiary/aromatic N) is 1. The van der Waals surface area contributed by atoms with Crippen molar-refractivity contribution >= 4 is 21.8 Å². The smallest absolute Gasteiger partial charge is 0.217 e. The van der Waals surface area contributed by atoms with Gasteiger partial charge in [-0.25, -0.2) is 4.98 Å². The Morgan fingerprint density at radius 3 is 3.00 bits per heavy atom. The molecule has 1 rings (SSSR count). The van der Waals surface area contributed by atoms with Crippen molar-refractivity contribution in [1.82, 2.24) is 10.3 Å². The summed E-state index contributed by atoms with van der Waals surface area (Å²) in [5.74, 6) is 5.62. The number of carbonyl (C=O) groups excluding carboxylic acids is 1. The van der Waals surface area contributed by atoms with Crippen LogP contribution in [-0.4, -0.2) is 17.4 Å². The number of hydrogen-bond donors (Lipinski definition) is 1. The van der Waals surface area contributed by atoms with E-state index >= 15 is 0 Å². The summed E-state index contributed by atoms with van der Waals surface area (Å²) in [7, 11) is 0. The molecule has 1 heterocycles. The second-order valence-electron chi connectivity index (χ2n) is 2.58. The van der Waals surface area contributed by atoms with E-state index in [2.05, 4.69) is 38.1 Å². The van der Waals surface area contributed by atoms with E-state index in [1.54, 1.807) is 6.20 Å². The van der Waals surface area contributed by atoms with Gasteiger partial charge in [0, 0.05) is 18.7 Å². The maximum absolute atomic E-state index is 10.5. The molecule has 14 heavy (non-hydrogen) atoms. The summed E-state index contributed by atoms with van der Waals surface area (Å²) in [5.41, 5.74) is 0.832. The summed E-state index contributed by atoms with van der Waals surface area (Å²) in [4.78, 5) is 14.5. The van der Waals surface area contributed by atoms with Gasteiger partial charge in [0.2, 0.25) is 5.91 Å². The van der Waals surface area contributed by atoms with Crippen LogP contribution in [0.5, 0.6) is 0 Å². The molecule has 0 spiro atoms. The van der Waals surface area contributed by atoms with Crippen molar-refractivity contribution in [3.8, 4) is 11.8 Å². The van der Waals surface area contributed by atoms with Crippen LogP contribution in [0.4, 0.5) is 0 Å². The van der Waals surface area contributed by atoms with E-state index in [0.717, 1.165) is 10.2 Å². The van der Waals surface area contributed by atoms with Gasteiger partial charge in [-0.3, -0.25) is 4.79 Å². The molecule has 72 valence electrons. The molecule has 1 aromatic heterocycles. The van der Waals surface area contributed by atoms with Crippen LogP contribution in [0.1, 0.15) is 12.5 Å². The van der Waals surface area contributed by atoms with Crippen molar-refractivity contribution in [3.63, 3.8) is 0 Å². The van der Waals surface area contributed by atoms with Gasteiger partial charge in [0.05, 0.1) is 6.54 Å². The third kappa shape index (κ3) is 4.06. The SMILES string of the molecule is CC(=O)NCC#Cc1ccc(Br)nc1. The molecule has 0 radical (unpaired) electrons. The third-order valence-electron chi connectivity index (χ3n) is 1.39. The molecule has 0 unspecified atom stereocenters. The van der Waals surface area contributed by atoms with Crippen molar-refractivity contribution in [1.29, 1.82) is 0 Å². The third-order valence-corrected chi connectivity index (χ3v) is 1.85. The predicted molar refractivity (Wildman–Crippen MR) is 57.5 cm³/mol. The Morgan fingerprint density at radius 1 is 1.64 bits per heavy atom. The van der Waals surface area contributed by atoms with Crippen LogP contribution in [0.2, 0.25) is 0 Å². The summed E-state index contributed by atoms with van der Waals surface area (Å²) in [6.07, 6.45) is 1.67. The number of pyridine rings is 1. The summed E-state index contributed by atoms with van der Waals surface area (Å²) in [5, 5.41) is 2.58. The first-order valence-corrected chi connectivity index (χ1v) is 4.82. The van der Waals surface area contributed by atoms with Crippen LogP contribution in [0, 0.1) is 11.8 Å². The molecule has 0 bridgehead atoms. The number of carbonyl (C=O) groups is 1. The molecular weight excluding hydrogens is 244 g/mol. The van der Waals surface area contributed by atoms with Gasteiger partial charge in [-0.05, 0) is 28.1 Å². The first-order chi connectivity index (χ1) is 6.68. The van der Waals surface area contributed by atoms with Crippen molar-refractivity contribution in [2.24, 2.45) is 0 Å². The summed E-state index contributed by atoms with van der Waals surface area (Å²) < 4.78 is 0.782. The fourth-order valence-corrected chi connectivity index (χ4v) is 0.999. The van der Waals surface area contributed by atoms with Gasteiger partial charge in [0.25, 0.3) is 0 Å². The number of halogens is 1. The highest BCUT2D eigenvalue weighted by Gasteiger charge is 1.88. The van der Waals surface area contributed by atoms with Crippen molar-refractivity contribution < 1.29 is 4.79 Å². The molecular formula is C10H9BrN2O. The first-order valence-electron chi connectivity index (χ1n) is 4.03. The highest BCUT2D eigenvalue weighted by Crippen LogP contribution is 2.04. The van der Waals surface area contributed by atoms with Crippen molar-refractivity contribution in [3.05, 3.63) is 28.5 Å². The van der Waals surface area contributed by atoms with Crippen LogP contribution in [0.15, 0.2) is 22.9 Å². The lowest BCUT2D eigenvalue weighted by atomic mass is 10.3. The fourth-order valence-electron chi connectivity index (χ4n) is 0.765. The Kier molecular flexibility index (Phi) is 4.14. The van der Waals surface area contributed by atoms with E-state index in [1.807, 2.05) is 12.1 Å². The Bertz CT molecular complexity index is 375. The van der Waals surface area contributed by atoms with Gasteiger partial charge in [0.1, 0.15) is 4.60 Å². The average molecular weight is 253 g/mol. The standard InChI is InChI=1S/C10H9BrN2O/c1-8(14)12-6-2-3-9-4-5-10(11)13-7-9/h4-5,7H,6H2,1H3,(H,12,14). The molecule has 0 fully saturated rings. The van der Waals surface area contributed by atoms with Gasteiger partial charge < -0.3 is 5.32 Å². The molecule has 0 aromatic carbocycles. The topological polar surface area (TPSA) is 42.0 Å². The molecule has 1 aromatic rings. The number of rotatable bonds is 1. The maximum Gasteiger partial charge on any atom is 0.217 e. The van der Waals surface area contributed by atoms with Crippen LogP contribution in [-0.2, 0) is 4.79 Å². The predicted octanol–water partition coefficient (Wildman–Crippen LogP) is 1.33. The number of nitrogens with one attached hydrogen (secondary N) is 1. The van der Waals surface area contributed by atoms with Crippen LogP contribution < -0.4 is 5.32 Å². The molecule has 0 aliphatic heterocycles. The van der Waals surface area contributed by atoms with E-state index in [0.29, 0.717) is 6.54 Å². The highest BCUT2D eigenvalue weighted by atomic mass is 79.9. The normalized spacial score (nSPS) is 8.71. The van der Waals surface area contributed by atoms with Gasteiger partial charge in [0.15, 0.2) is 0 Å². The second-order valence-corrected chi connectivity index (χ2v) is 3.39. The molecule has 4 heteroatoms. The molecule has 0 saturated heterocycles. The zero-order valence-corrected chi connectivity index (χ0v) is 9.26. The van der Waals surface area contributed by atoms with Crippen LogP contribution in [0.3, 0.4) is 0 Å². The Morgan fingerprint density at radius 2 is 2.43 bits per heavy atom. The Labute approximate surface area is 91.1 Å². The van der Waals surface area contributed by atoms with E-state index in [1.165, 1.54) is 6.92 Å². The Balaban J connectivity index is 2.51. The minimum atomic E-state index is -0.0757. The molecule has 1 N–H and O–H groups in total. The summed E-state index contributed by atoms with van der Waals surface area (Å²) in [6, 6.07) is 3.68. The molecule has 0 atom stereocenters. The monoisotopic (exact) mass is 252 g/mol. The maximum atomic E-state index is 10.5. The zero-order chi connectivity index (χ0) is 10.4. The number of hydrogen-bond acceptors (Lipinski definition) is 2. The lowest BCUT2D eigenvalue weighted by Crippen LogP contribution is -2.19. The summed E-state index contributed by atoms with van der Waals surface area (Å²) in [6.45, 7) is 1.83. The lowest BCUT2D eigenvalue weighted by Gasteiger charge is -1.92. The van der Waals surface area contributed by atoms with E-state index < -0.39 is 0 Å². The minimum absolute atomic E-state index is 0.0757. The van der Waals surface area contributed by atoms with Gasteiger partial charge >= 0.3 is 0 Å². The molecule has 0 saturated carbocycles. The first kappa shape index (κ1) is 10.7. The van der Waals surface area contributed by atoms with Crippen LogP contribution in [0.25, 0.3) is 0 Å². The van der Waals surface area contributed by atoms with Gasteiger partial charge in [-0.2, -0.15) is 0 Å². The van der Waals surface area contributed by atoms with Gasteiger partial charge in [-0.15, -0.1) is 0 Å². The fraction of sp³-hybridized carbons (Fsp3) is 0.200. The highest BCUT2D eigenvalue weighted by molar-refractivity contribution is 9.10. The second kappa shape index (κ2) is 5.40. The van der Waals surface area contributed by atoms with E-state index in [4.69, 9.17) is 0 Å². The quantitative estimate of drug-likeness (QED) is 0.606. The number of aromatic nitrogens is 1. The summed E-state index contributed by atoms with van der Waals surface area (Å²) >= 11 is 3.23. The van der Waals surface area contributed by atoms with E-state index in [9.17, 15) is 4.79 Å². The van der Waals surface area contributed by atoms with Gasteiger partial charge in [-0.1, -0.05) is 11.8 Å². The number of amides is 1. The Hall–Kier alpha value is -1.34. The minimum Gasteiger partial charge on any atom is -0.345 e. The molecule has 3 nitrogen and oxygen atoms in total. The molecule has 0 aliphatic carbocycles. The van der Waals surface area contributed by atoms with Crippen LogP contribution >= 0.6 is 15.9 Å². The average Bonchev–Trinajstić information content (AvgIpc) is 2.15.